The molecule has 6 heteroatoms. The number of ether oxygens (including phenoxy) is 1. The topological polar surface area (TPSA) is 81.5 Å². The average Bonchev–Trinajstić information content (AvgIpc) is 2.42. The Morgan fingerprint density at radius 1 is 1.42 bits per heavy atom. The van der Waals surface area contributed by atoms with E-state index >= 15 is 0 Å². The summed E-state index contributed by atoms with van der Waals surface area (Å²) >= 11 is 0. The monoisotopic (exact) mass is 264 g/mol. The van der Waals surface area contributed by atoms with Crippen LogP contribution in [0.2, 0.25) is 0 Å². The van der Waals surface area contributed by atoms with Crippen molar-refractivity contribution in [2.45, 2.75) is 6.42 Å². The summed E-state index contributed by atoms with van der Waals surface area (Å²) in [6.45, 7) is 1.16. The molecule has 0 radical (unpaired) electrons. The largest absolute Gasteiger partial charge is 0.385 e. The van der Waals surface area contributed by atoms with Crippen LogP contribution < -0.4 is 5.32 Å². The molecule has 0 bridgehead atoms. The van der Waals surface area contributed by atoms with E-state index in [2.05, 4.69) is 5.32 Å². The molecule has 1 aromatic rings. The summed E-state index contributed by atoms with van der Waals surface area (Å²) in [5.74, 6) is -0.200. The summed E-state index contributed by atoms with van der Waals surface area (Å²) in [4.78, 5) is 21.4. The third-order valence-electron chi connectivity index (χ3n) is 2.36. The van der Waals surface area contributed by atoms with Crippen LogP contribution in [0.25, 0.3) is 6.08 Å². The van der Waals surface area contributed by atoms with E-state index in [4.69, 9.17) is 4.74 Å². The van der Waals surface area contributed by atoms with Crippen molar-refractivity contribution >= 4 is 17.7 Å². The molecule has 1 amide bonds. The van der Waals surface area contributed by atoms with Crippen LogP contribution >= 0.6 is 0 Å². The Bertz CT molecular complexity index is 454. The fourth-order valence-corrected chi connectivity index (χ4v) is 1.37. The van der Waals surface area contributed by atoms with Crippen molar-refractivity contribution in [3.05, 3.63) is 46.0 Å². The number of amides is 1. The van der Waals surface area contributed by atoms with Crippen molar-refractivity contribution in [3.63, 3.8) is 0 Å². The number of carbonyl (C=O) groups is 1. The molecule has 0 fully saturated rings. The quantitative estimate of drug-likeness (QED) is 0.352. The molecule has 0 spiro atoms. The maximum absolute atomic E-state index is 11.4. The Morgan fingerprint density at radius 3 is 2.68 bits per heavy atom. The van der Waals surface area contributed by atoms with Crippen molar-refractivity contribution in [1.29, 1.82) is 0 Å². The second-order valence-corrected chi connectivity index (χ2v) is 3.82. The number of nitro benzene ring substituents is 1. The van der Waals surface area contributed by atoms with Crippen molar-refractivity contribution in [2.24, 2.45) is 0 Å². The average molecular weight is 264 g/mol. The number of non-ortho nitro benzene ring substituents is 1. The van der Waals surface area contributed by atoms with Gasteiger partial charge in [-0.1, -0.05) is 0 Å². The molecule has 0 heterocycles. The number of carbonyl (C=O) groups excluding carboxylic acids is 1. The lowest BCUT2D eigenvalue weighted by Gasteiger charge is -2.00. The molecule has 102 valence electrons. The fourth-order valence-electron chi connectivity index (χ4n) is 1.37. The van der Waals surface area contributed by atoms with E-state index < -0.39 is 4.92 Å². The van der Waals surface area contributed by atoms with Crippen LogP contribution in [0.1, 0.15) is 12.0 Å². The SMILES string of the molecule is COCCCNC(=O)C=Cc1ccc([N+](=O)[O-])cc1. The maximum Gasteiger partial charge on any atom is 0.269 e. The lowest BCUT2D eigenvalue weighted by atomic mass is 10.2. The molecule has 0 saturated carbocycles. The Hall–Kier alpha value is -2.21. The van der Waals surface area contributed by atoms with E-state index in [1.54, 1.807) is 25.3 Å². The van der Waals surface area contributed by atoms with Crippen molar-refractivity contribution < 1.29 is 14.5 Å². The standard InChI is InChI=1S/C13H16N2O4/c1-19-10-2-9-14-13(16)8-5-11-3-6-12(7-4-11)15(17)18/h3-8H,2,9-10H2,1H3,(H,14,16). The molecule has 0 aromatic heterocycles. The summed E-state index contributed by atoms with van der Waals surface area (Å²) in [5.41, 5.74) is 0.763. The minimum atomic E-state index is -0.462. The van der Waals surface area contributed by atoms with Crippen LogP contribution in [0.4, 0.5) is 5.69 Å². The van der Waals surface area contributed by atoms with Gasteiger partial charge in [-0.05, 0) is 30.2 Å². The van der Waals surface area contributed by atoms with Crippen LogP contribution in [0.3, 0.4) is 0 Å². The molecule has 0 aliphatic carbocycles. The zero-order chi connectivity index (χ0) is 14.1. The highest BCUT2D eigenvalue weighted by molar-refractivity contribution is 5.91. The van der Waals surface area contributed by atoms with Gasteiger partial charge in [0.1, 0.15) is 0 Å². The van der Waals surface area contributed by atoms with Gasteiger partial charge in [-0.25, -0.2) is 0 Å². The van der Waals surface area contributed by atoms with Gasteiger partial charge in [-0.2, -0.15) is 0 Å². The van der Waals surface area contributed by atoms with Gasteiger partial charge in [0.05, 0.1) is 4.92 Å². The zero-order valence-corrected chi connectivity index (χ0v) is 10.7. The first-order chi connectivity index (χ1) is 9.13. The lowest BCUT2D eigenvalue weighted by molar-refractivity contribution is -0.384. The van der Waals surface area contributed by atoms with Crippen LogP contribution in [-0.2, 0) is 9.53 Å². The molecule has 1 N–H and O–H groups in total. The minimum absolute atomic E-state index is 0.0289. The number of hydrogen-bond donors (Lipinski definition) is 1. The second kappa shape index (κ2) is 7.99. The van der Waals surface area contributed by atoms with E-state index in [0.717, 1.165) is 12.0 Å². The molecule has 0 aliphatic heterocycles. The third-order valence-corrected chi connectivity index (χ3v) is 2.36. The first kappa shape index (κ1) is 14.8. The predicted octanol–water partition coefficient (Wildman–Crippen LogP) is 1.76. The van der Waals surface area contributed by atoms with Gasteiger partial charge < -0.3 is 10.1 Å². The number of benzene rings is 1. The Labute approximate surface area is 111 Å². The van der Waals surface area contributed by atoms with Crippen LogP contribution in [0, 0.1) is 10.1 Å². The predicted molar refractivity (Wildman–Crippen MR) is 71.6 cm³/mol. The van der Waals surface area contributed by atoms with E-state index in [1.165, 1.54) is 18.2 Å². The number of hydrogen-bond acceptors (Lipinski definition) is 4. The summed E-state index contributed by atoms with van der Waals surface area (Å²) in [7, 11) is 1.61. The second-order valence-electron chi connectivity index (χ2n) is 3.82. The van der Waals surface area contributed by atoms with Gasteiger partial charge in [0, 0.05) is 38.5 Å². The number of rotatable bonds is 7. The summed E-state index contributed by atoms with van der Waals surface area (Å²) in [6, 6.07) is 5.98. The third kappa shape index (κ3) is 5.78. The molecule has 1 rings (SSSR count). The number of methoxy groups -OCH3 is 1. The van der Waals surface area contributed by atoms with Gasteiger partial charge in [0.2, 0.25) is 5.91 Å². The highest BCUT2D eigenvalue weighted by atomic mass is 16.6. The molecule has 6 nitrogen and oxygen atoms in total. The van der Waals surface area contributed by atoms with Crippen LogP contribution in [0.5, 0.6) is 0 Å². The van der Waals surface area contributed by atoms with Gasteiger partial charge in [-0.3, -0.25) is 14.9 Å². The Balaban J connectivity index is 2.43. The smallest absolute Gasteiger partial charge is 0.269 e. The molecule has 0 aliphatic rings. The molecule has 0 saturated heterocycles. The molecule has 0 unspecified atom stereocenters. The van der Waals surface area contributed by atoms with E-state index in [9.17, 15) is 14.9 Å². The first-order valence-electron chi connectivity index (χ1n) is 5.83. The molecule has 1 aromatic carbocycles. The highest BCUT2D eigenvalue weighted by Crippen LogP contribution is 2.12. The summed E-state index contributed by atoms with van der Waals surface area (Å²) in [5, 5.41) is 13.2. The Morgan fingerprint density at radius 2 is 2.11 bits per heavy atom. The van der Waals surface area contributed by atoms with E-state index in [1.807, 2.05) is 0 Å². The minimum Gasteiger partial charge on any atom is -0.385 e. The van der Waals surface area contributed by atoms with Crippen molar-refractivity contribution in [1.82, 2.24) is 5.32 Å². The van der Waals surface area contributed by atoms with Crippen molar-refractivity contribution in [2.75, 3.05) is 20.3 Å². The van der Waals surface area contributed by atoms with E-state index in [-0.39, 0.29) is 11.6 Å². The van der Waals surface area contributed by atoms with Crippen LogP contribution in [0.15, 0.2) is 30.3 Å². The molecule has 19 heavy (non-hydrogen) atoms. The van der Waals surface area contributed by atoms with Gasteiger partial charge in [-0.15, -0.1) is 0 Å². The number of nitrogens with zero attached hydrogens (tertiary/aromatic N) is 1. The summed E-state index contributed by atoms with van der Waals surface area (Å²) in [6.07, 6.45) is 3.76. The fraction of sp³-hybridized carbons (Fsp3) is 0.308. The zero-order valence-electron chi connectivity index (χ0n) is 10.7. The van der Waals surface area contributed by atoms with Crippen molar-refractivity contribution in [3.8, 4) is 0 Å². The van der Waals surface area contributed by atoms with E-state index in [0.29, 0.717) is 13.2 Å². The van der Waals surface area contributed by atoms with Gasteiger partial charge in [0.25, 0.3) is 5.69 Å². The van der Waals surface area contributed by atoms with Gasteiger partial charge >= 0.3 is 0 Å². The molecular formula is C13H16N2O4. The normalized spacial score (nSPS) is 10.6. The first-order valence-corrected chi connectivity index (χ1v) is 5.83. The molecular weight excluding hydrogens is 248 g/mol. The van der Waals surface area contributed by atoms with Gasteiger partial charge in [0.15, 0.2) is 0 Å². The number of nitro groups is 1. The lowest BCUT2D eigenvalue weighted by Crippen LogP contribution is -2.22. The maximum atomic E-state index is 11.4. The van der Waals surface area contributed by atoms with Crippen LogP contribution in [-0.4, -0.2) is 31.1 Å². The highest BCUT2D eigenvalue weighted by Gasteiger charge is 2.02. The molecule has 0 atom stereocenters. The Kier molecular flexibility index (Phi) is 6.25. The summed E-state index contributed by atoms with van der Waals surface area (Å²) < 4.78 is 4.86. The number of nitrogens with one attached hydrogen (secondary N) is 1.